The summed E-state index contributed by atoms with van der Waals surface area (Å²) in [6.45, 7) is 0. The number of halogens is 2. The fourth-order valence-corrected chi connectivity index (χ4v) is 4.63. The van der Waals surface area contributed by atoms with Gasteiger partial charge >= 0.3 is 5.97 Å². The number of aryl methyl sites for hydroxylation is 1. The van der Waals surface area contributed by atoms with E-state index in [1.165, 1.54) is 28.8 Å². The maximum absolute atomic E-state index is 13.5. The molecule has 7 nitrogen and oxygen atoms in total. The molecule has 37 heavy (non-hydrogen) atoms. The van der Waals surface area contributed by atoms with Crippen LogP contribution in [0.4, 0.5) is 4.39 Å². The molecule has 0 spiro atoms. The molecule has 1 aliphatic rings. The summed E-state index contributed by atoms with van der Waals surface area (Å²) in [5, 5.41) is 14.3. The molecule has 0 fully saturated rings. The molecule has 5 rings (SSSR count). The van der Waals surface area contributed by atoms with E-state index >= 15 is 0 Å². The predicted molar refractivity (Wildman–Crippen MR) is 139 cm³/mol. The summed E-state index contributed by atoms with van der Waals surface area (Å²) in [6, 6.07) is 18.4. The van der Waals surface area contributed by atoms with Crippen LogP contribution in [0.3, 0.4) is 0 Å². The van der Waals surface area contributed by atoms with E-state index < -0.39 is 11.8 Å². The molecular weight excluding hydrogens is 497 g/mol. The number of oxime groups is 1. The first-order chi connectivity index (χ1) is 17.9. The highest BCUT2D eigenvalue weighted by molar-refractivity contribution is 6.30. The fraction of sp³-hybridized carbons (Fsp3) is 0.214. The van der Waals surface area contributed by atoms with E-state index in [-0.39, 0.29) is 18.1 Å². The van der Waals surface area contributed by atoms with Crippen LogP contribution in [0.5, 0.6) is 0 Å². The van der Waals surface area contributed by atoms with Crippen LogP contribution in [0.15, 0.2) is 76.7 Å². The summed E-state index contributed by atoms with van der Waals surface area (Å²) in [6.07, 6.45) is 1.69. The lowest BCUT2D eigenvalue weighted by molar-refractivity contribution is -0.137. The number of hydrogen-bond donors (Lipinski definition) is 1. The van der Waals surface area contributed by atoms with Crippen LogP contribution in [0.2, 0.25) is 5.02 Å². The van der Waals surface area contributed by atoms with Crippen molar-refractivity contribution in [3.63, 3.8) is 0 Å². The Morgan fingerprint density at radius 3 is 2.68 bits per heavy atom. The van der Waals surface area contributed by atoms with Crippen LogP contribution in [0.1, 0.15) is 48.7 Å². The summed E-state index contributed by atoms with van der Waals surface area (Å²) in [4.78, 5) is 34.9. The van der Waals surface area contributed by atoms with Crippen molar-refractivity contribution >= 4 is 34.2 Å². The molecule has 0 saturated heterocycles. The summed E-state index contributed by atoms with van der Waals surface area (Å²) in [5.74, 6) is -0.801. The highest BCUT2D eigenvalue weighted by Gasteiger charge is 2.25. The number of hydrogen-bond acceptors (Lipinski definition) is 5. The molecule has 1 aliphatic heterocycles. The van der Waals surface area contributed by atoms with Crippen LogP contribution in [0.25, 0.3) is 16.6 Å². The van der Waals surface area contributed by atoms with Crippen LogP contribution < -0.4 is 5.56 Å². The number of aromatic nitrogens is 2. The molecule has 188 valence electrons. The number of unbranched alkanes of at least 4 members (excludes halogenated alkanes) is 1. The smallest absolute Gasteiger partial charge is 0.303 e. The SMILES string of the molecule is O=C(O)CCCCc1nc2cc(C3=NOC(c4cccc(Cl)c4)C3)ccc2c(=O)n1-c1ccc(F)cc1. The number of nitrogens with zero attached hydrogens (tertiary/aromatic N) is 3. The third-order valence-electron chi connectivity index (χ3n) is 6.29. The average Bonchev–Trinajstić information content (AvgIpc) is 3.38. The van der Waals surface area contributed by atoms with Gasteiger partial charge in [0.1, 0.15) is 11.6 Å². The van der Waals surface area contributed by atoms with Gasteiger partial charge in [-0.3, -0.25) is 14.2 Å². The first-order valence-corrected chi connectivity index (χ1v) is 12.3. The van der Waals surface area contributed by atoms with Gasteiger partial charge in [-0.15, -0.1) is 0 Å². The zero-order chi connectivity index (χ0) is 25.9. The largest absolute Gasteiger partial charge is 0.481 e. The highest BCUT2D eigenvalue weighted by Crippen LogP contribution is 2.31. The Hall–Kier alpha value is -4.04. The first-order valence-electron chi connectivity index (χ1n) is 11.9. The second-order valence-corrected chi connectivity index (χ2v) is 9.31. The second kappa shape index (κ2) is 10.5. The molecule has 1 N–H and O–H groups in total. The van der Waals surface area contributed by atoms with Crippen molar-refractivity contribution in [3.8, 4) is 5.69 Å². The summed E-state index contributed by atoms with van der Waals surface area (Å²) >= 11 is 6.12. The number of fused-ring (bicyclic) bond motifs is 1. The van der Waals surface area contributed by atoms with Gasteiger partial charge in [-0.05, 0) is 66.9 Å². The normalized spacial score (nSPS) is 15.0. The number of carbonyl (C=O) groups is 1. The van der Waals surface area contributed by atoms with Gasteiger partial charge in [-0.2, -0.15) is 0 Å². The van der Waals surface area contributed by atoms with Gasteiger partial charge in [0.25, 0.3) is 5.56 Å². The minimum atomic E-state index is -0.873. The zero-order valence-corrected chi connectivity index (χ0v) is 20.5. The van der Waals surface area contributed by atoms with Crippen molar-refractivity contribution in [1.82, 2.24) is 9.55 Å². The van der Waals surface area contributed by atoms with E-state index in [9.17, 15) is 14.0 Å². The lowest BCUT2D eigenvalue weighted by Gasteiger charge is -2.14. The minimum Gasteiger partial charge on any atom is -0.481 e. The number of carboxylic acid groups (broad SMARTS) is 1. The molecular formula is C28H23ClFN3O4. The number of benzene rings is 3. The minimum absolute atomic E-state index is 0.0339. The fourth-order valence-electron chi connectivity index (χ4n) is 4.43. The standard InChI is InChI=1S/C28H23ClFN3O4/c29-19-5-3-4-18(14-19)25-16-23(32-37-25)17-8-13-22-24(15-17)31-26(6-1-2-7-27(34)35)33(28(22)36)21-11-9-20(30)10-12-21/h3-5,8-15,25H,1-2,6-7,16H2,(H,34,35). The molecule has 0 bridgehead atoms. The molecule has 2 heterocycles. The van der Waals surface area contributed by atoms with Crippen LogP contribution >= 0.6 is 11.6 Å². The Kier molecular flexibility index (Phi) is 7.01. The Morgan fingerprint density at radius 2 is 1.92 bits per heavy atom. The van der Waals surface area contributed by atoms with Crippen molar-refractivity contribution in [2.75, 3.05) is 0 Å². The number of aliphatic carboxylic acids is 1. The van der Waals surface area contributed by atoms with Gasteiger partial charge in [0, 0.05) is 29.8 Å². The second-order valence-electron chi connectivity index (χ2n) is 8.87. The molecule has 3 aromatic carbocycles. The zero-order valence-electron chi connectivity index (χ0n) is 19.7. The molecule has 0 radical (unpaired) electrons. The molecule has 0 amide bonds. The summed E-state index contributed by atoms with van der Waals surface area (Å²) in [5.41, 5.74) is 3.17. The van der Waals surface area contributed by atoms with Gasteiger partial charge in [0.2, 0.25) is 0 Å². The van der Waals surface area contributed by atoms with Crippen molar-refractivity contribution < 1.29 is 19.1 Å². The van der Waals surface area contributed by atoms with Gasteiger partial charge in [-0.25, -0.2) is 9.37 Å². The van der Waals surface area contributed by atoms with E-state index in [0.717, 1.165) is 16.8 Å². The molecule has 0 saturated carbocycles. The maximum Gasteiger partial charge on any atom is 0.303 e. The molecule has 1 unspecified atom stereocenters. The quantitative estimate of drug-likeness (QED) is 0.295. The van der Waals surface area contributed by atoms with Crippen LogP contribution in [-0.4, -0.2) is 26.3 Å². The van der Waals surface area contributed by atoms with Gasteiger partial charge in [-0.1, -0.05) is 35.0 Å². The summed E-state index contributed by atoms with van der Waals surface area (Å²) < 4.78 is 15.0. The lowest BCUT2D eigenvalue weighted by Crippen LogP contribution is -2.24. The van der Waals surface area contributed by atoms with Gasteiger partial charge < -0.3 is 9.94 Å². The highest BCUT2D eigenvalue weighted by atomic mass is 35.5. The van der Waals surface area contributed by atoms with E-state index in [1.54, 1.807) is 12.1 Å². The van der Waals surface area contributed by atoms with Gasteiger partial charge in [0.05, 0.1) is 22.3 Å². The van der Waals surface area contributed by atoms with Crippen LogP contribution in [-0.2, 0) is 16.1 Å². The average molecular weight is 520 g/mol. The molecule has 9 heteroatoms. The van der Waals surface area contributed by atoms with Crippen LogP contribution in [0, 0.1) is 5.82 Å². The number of carboxylic acids is 1. The Balaban J connectivity index is 1.49. The van der Waals surface area contributed by atoms with Gasteiger partial charge in [0.15, 0.2) is 6.10 Å². The Morgan fingerprint density at radius 1 is 1.11 bits per heavy atom. The van der Waals surface area contributed by atoms with E-state index in [4.69, 9.17) is 26.5 Å². The molecule has 1 atom stereocenters. The molecule has 1 aromatic heterocycles. The summed E-state index contributed by atoms with van der Waals surface area (Å²) in [7, 11) is 0. The number of rotatable bonds is 8. The van der Waals surface area contributed by atoms with Crippen molar-refractivity contribution in [1.29, 1.82) is 0 Å². The topological polar surface area (TPSA) is 93.8 Å². The van der Waals surface area contributed by atoms with Crippen molar-refractivity contribution in [3.05, 3.63) is 105 Å². The monoisotopic (exact) mass is 519 g/mol. The third kappa shape index (κ3) is 5.39. The lowest BCUT2D eigenvalue weighted by atomic mass is 9.99. The predicted octanol–water partition coefficient (Wildman–Crippen LogP) is 5.84. The van der Waals surface area contributed by atoms with Crippen molar-refractivity contribution in [2.24, 2.45) is 5.16 Å². The van der Waals surface area contributed by atoms with Crippen molar-refractivity contribution in [2.45, 2.75) is 38.2 Å². The molecule has 0 aliphatic carbocycles. The maximum atomic E-state index is 13.5. The Bertz CT molecular complexity index is 1570. The molecule has 4 aromatic rings. The first kappa shape index (κ1) is 24.6. The van der Waals surface area contributed by atoms with E-state index in [0.29, 0.717) is 53.1 Å². The van der Waals surface area contributed by atoms with E-state index in [2.05, 4.69) is 5.16 Å². The Labute approximate surface area is 216 Å². The van der Waals surface area contributed by atoms with E-state index in [1.807, 2.05) is 30.3 Å². The third-order valence-corrected chi connectivity index (χ3v) is 6.52.